The summed E-state index contributed by atoms with van der Waals surface area (Å²) in [4.78, 5) is 24.3. The van der Waals surface area contributed by atoms with E-state index in [9.17, 15) is 4.79 Å². The second-order valence-corrected chi connectivity index (χ2v) is 7.70. The van der Waals surface area contributed by atoms with E-state index in [1.54, 1.807) is 6.20 Å². The number of aromatic nitrogens is 3. The monoisotopic (exact) mass is 419 g/mol. The lowest BCUT2D eigenvalue weighted by molar-refractivity contribution is -0.118. The SMILES string of the molecule is C[C@@H](C(=O)Nc1ccc(N(C)C)cc1)n1c(-c2ccc(Cl)cc2)nc2cccnc21. The number of pyridine rings is 1. The molecule has 6 nitrogen and oxygen atoms in total. The third-order valence-corrected chi connectivity index (χ3v) is 5.22. The number of nitrogens with zero attached hydrogens (tertiary/aromatic N) is 4. The third kappa shape index (κ3) is 3.86. The Balaban J connectivity index is 1.69. The Labute approximate surface area is 180 Å². The molecule has 0 saturated carbocycles. The van der Waals surface area contributed by atoms with Crippen molar-refractivity contribution in [2.24, 2.45) is 0 Å². The summed E-state index contributed by atoms with van der Waals surface area (Å²) in [6, 6.07) is 18.3. The molecule has 2 heterocycles. The van der Waals surface area contributed by atoms with Crippen LogP contribution >= 0.6 is 11.6 Å². The van der Waals surface area contributed by atoms with Crippen molar-refractivity contribution in [3.63, 3.8) is 0 Å². The van der Waals surface area contributed by atoms with Crippen LogP contribution in [-0.2, 0) is 4.79 Å². The van der Waals surface area contributed by atoms with Crippen LogP contribution in [0.2, 0.25) is 5.02 Å². The zero-order chi connectivity index (χ0) is 21.3. The Morgan fingerprint density at radius 2 is 1.77 bits per heavy atom. The molecule has 0 aliphatic rings. The predicted octanol–water partition coefficient (Wildman–Crippen LogP) is 5.02. The van der Waals surface area contributed by atoms with Crippen molar-refractivity contribution >= 4 is 40.0 Å². The molecule has 0 saturated heterocycles. The number of benzene rings is 2. The van der Waals surface area contributed by atoms with Gasteiger partial charge in [0.25, 0.3) is 0 Å². The first-order valence-corrected chi connectivity index (χ1v) is 9.99. The highest BCUT2D eigenvalue weighted by Crippen LogP contribution is 2.29. The molecule has 2 aromatic heterocycles. The number of anilines is 2. The minimum Gasteiger partial charge on any atom is -0.378 e. The standard InChI is InChI=1S/C23H22ClN5O/c1-15(23(30)26-18-10-12-19(13-11-18)28(2)3)29-21(16-6-8-17(24)9-7-16)27-20-5-4-14-25-22(20)29/h4-15H,1-3H3,(H,26,30)/t15-/m0/s1. The second-order valence-electron chi connectivity index (χ2n) is 7.26. The number of fused-ring (bicyclic) bond motifs is 1. The molecule has 0 fully saturated rings. The predicted molar refractivity (Wildman–Crippen MR) is 122 cm³/mol. The number of imidazole rings is 1. The highest BCUT2D eigenvalue weighted by atomic mass is 35.5. The van der Waals surface area contributed by atoms with Crippen LogP contribution in [0.25, 0.3) is 22.6 Å². The summed E-state index contributed by atoms with van der Waals surface area (Å²) in [5.74, 6) is 0.527. The third-order valence-electron chi connectivity index (χ3n) is 4.97. The van der Waals surface area contributed by atoms with Gasteiger partial charge < -0.3 is 10.2 Å². The van der Waals surface area contributed by atoms with Gasteiger partial charge in [0, 0.05) is 42.3 Å². The minimum absolute atomic E-state index is 0.146. The molecule has 0 bridgehead atoms. The van der Waals surface area contributed by atoms with E-state index in [0.29, 0.717) is 16.5 Å². The fourth-order valence-corrected chi connectivity index (χ4v) is 3.43. The Morgan fingerprint density at radius 3 is 2.43 bits per heavy atom. The average molecular weight is 420 g/mol. The molecule has 0 unspecified atom stereocenters. The molecule has 0 aliphatic carbocycles. The topological polar surface area (TPSA) is 63.1 Å². The van der Waals surface area contributed by atoms with E-state index in [0.717, 1.165) is 22.5 Å². The van der Waals surface area contributed by atoms with Crippen molar-refractivity contribution in [1.82, 2.24) is 14.5 Å². The molecule has 30 heavy (non-hydrogen) atoms. The summed E-state index contributed by atoms with van der Waals surface area (Å²) in [7, 11) is 3.95. The molecule has 152 valence electrons. The van der Waals surface area contributed by atoms with Gasteiger partial charge in [0.1, 0.15) is 17.4 Å². The Hall–Kier alpha value is -3.38. The number of hydrogen-bond acceptors (Lipinski definition) is 4. The van der Waals surface area contributed by atoms with Gasteiger partial charge in [-0.1, -0.05) is 11.6 Å². The maximum atomic E-state index is 13.1. The van der Waals surface area contributed by atoms with E-state index in [4.69, 9.17) is 16.6 Å². The van der Waals surface area contributed by atoms with Gasteiger partial charge in [-0.05, 0) is 67.6 Å². The van der Waals surface area contributed by atoms with E-state index in [1.807, 2.05) is 91.1 Å². The molecule has 4 aromatic rings. The van der Waals surface area contributed by atoms with Crippen LogP contribution in [0, 0.1) is 0 Å². The smallest absolute Gasteiger partial charge is 0.247 e. The first-order valence-electron chi connectivity index (χ1n) is 9.61. The highest BCUT2D eigenvalue weighted by molar-refractivity contribution is 6.30. The maximum Gasteiger partial charge on any atom is 0.247 e. The summed E-state index contributed by atoms with van der Waals surface area (Å²) in [6.07, 6.45) is 1.71. The fourth-order valence-electron chi connectivity index (χ4n) is 3.31. The van der Waals surface area contributed by atoms with E-state index < -0.39 is 6.04 Å². The molecule has 0 aliphatic heterocycles. The first kappa shape index (κ1) is 19.9. The van der Waals surface area contributed by atoms with Crippen molar-refractivity contribution in [2.45, 2.75) is 13.0 Å². The minimum atomic E-state index is -0.524. The summed E-state index contributed by atoms with van der Waals surface area (Å²) in [6.45, 7) is 1.85. The molecular formula is C23H22ClN5O. The molecule has 7 heteroatoms. The van der Waals surface area contributed by atoms with Gasteiger partial charge in [0.15, 0.2) is 5.65 Å². The molecule has 4 rings (SSSR count). The number of amides is 1. The van der Waals surface area contributed by atoms with Crippen LogP contribution in [0.15, 0.2) is 66.9 Å². The number of rotatable bonds is 5. The van der Waals surface area contributed by atoms with Crippen molar-refractivity contribution in [3.05, 3.63) is 71.9 Å². The molecule has 0 spiro atoms. The lowest BCUT2D eigenvalue weighted by Crippen LogP contribution is -2.24. The summed E-state index contributed by atoms with van der Waals surface area (Å²) in [5.41, 5.74) is 4.07. The maximum absolute atomic E-state index is 13.1. The average Bonchev–Trinajstić information content (AvgIpc) is 3.13. The summed E-state index contributed by atoms with van der Waals surface area (Å²) < 4.78 is 1.86. The summed E-state index contributed by atoms with van der Waals surface area (Å²) in [5, 5.41) is 3.64. The van der Waals surface area contributed by atoms with Gasteiger partial charge in [0.2, 0.25) is 5.91 Å². The van der Waals surface area contributed by atoms with Crippen molar-refractivity contribution in [3.8, 4) is 11.4 Å². The van der Waals surface area contributed by atoms with Crippen molar-refractivity contribution < 1.29 is 4.79 Å². The Kier molecular flexibility index (Phi) is 5.42. The first-order chi connectivity index (χ1) is 14.4. The number of nitrogens with one attached hydrogen (secondary N) is 1. The molecule has 2 aromatic carbocycles. The molecule has 0 radical (unpaired) electrons. The Morgan fingerprint density at radius 1 is 1.07 bits per heavy atom. The van der Waals surface area contributed by atoms with Crippen molar-refractivity contribution in [1.29, 1.82) is 0 Å². The molecule has 1 amide bonds. The number of carbonyl (C=O) groups excluding carboxylic acids is 1. The van der Waals surface area contributed by atoms with Crippen LogP contribution in [0.3, 0.4) is 0 Å². The summed E-state index contributed by atoms with van der Waals surface area (Å²) >= 11 is 6.04. The van der Waals surface area contributed by atoms with E-state index in [2.05, 4.69) is 10.3 Å². The van der Waals surface area contributed by atoms with E-state index >= 15 is 0 Å². The zero-order valence-corrected chi connectivity index (χ0v) is 17.8. The van der Waals surface area contributed by atoms with E-state index in [-0.39, 0.29) is 5.91 Å². The zero-order valence-electron chi connectivity index (χ0n) is 17.0. The number of halogens is 1. The normalized spacial score (nSPS) is 12.0. The van der Waals surface area contributed by atoms with Gasteiger partial charge in [-0.3, -0.25) is 9.36 Å². The van der Waals surface area contributed by atoms with Gasteiger partial charge in [0.05, 0.1) is 0 Å². The van der Waals surface area contributed by atoms with Gasteiger partial charge >= 0.3 is 0 Å². The second kappa shape index (κ2) is 8.16. The molecular weight excluding hydrogens is 398 g/mol. The number of hydrogen-bond donors (Lipinski definition) is 1. The van der Waals surface area contributed by atoms with Gasteiger partial charge in [-0.25, -0.2) is 9.97 Å². The van der Waals surface area contributed by atoms with Gasteiger partial charge in [-0.2, -0.15) is 0 Å². The molecule has 1 N–H and O–H groups in total. The lowest BCUT2D eigenvalue weighted by Gasteiger charge is -2.18. The van der Waals surface area contributed by atoms with Crippen LogP contribution in [0.1, 0.15) is 13.0 Å². The van der Waals surface area contributed by atoms with Crippen LogP contribution in [0.4, 0.5) is 11.4 Å². The van der Waals surface area contributed by atoms with Crippen molar-refractivity contribution in [2.75, 3.05) is 24.3 Å². The van der Waals surface area contributed by atoms with Crippen LogP contribution in [-0.4, -0.2) is 34.5 Å². The lowest BCUT2D eigenvalue weighted by atomic mass is 10.2. The van der Waals surface area contributed by atoms with E-state index in [1.165, 1.54) is 0 Å². The largest absolute Gasteiger partial charge is 0.378 e. The molecule has 1 atom stereocenters. The Bertz CT molecular complexity index is 1180. The number of carbonyl (C=O) groups is 1. The fraction of sp³-hybridized carbons (Fsp3) is 0.174. The highest BCUT2D eigenvalue weighted by Gasteiger charge is 2.23. The quantitative estimate of drug-likeness (QED) is 0.493. The van der Waals surface area contributed by atoms with Gasteiger partial charge in [-0.15, -0.1) is 0 Å². The van der Waals surface area contributed by atoms with Crippen LogP contribution < -0.4 is 10.2 Å². The van der Waals surface area contributed by atoms with Crippen LogP contribution in [0.5, 0.6) is 0 Å².